The molecule has 5 nitrogen and oxygen atoms in total. The Morgan fingerprint density at radius 1 is 1.19 bits per heavy atom. The zero-order valence-corrected chi connectivity index (χ0v) is 16.2. The molecular weight excluding hydrogens is 346 g/mol. The second kappa shape index (κ2) is 8.09. The molecule has 2 amide bonds. The minimum Gasteiger partial charge on any atom is -0.343 e. The summed E-state index contributed by atoms with van der Waals surface area (Å²) in [7, 11) is 0. The lowest BCUT2D eigenvalue weighted by atomic mass is 9.79. The molecule has 1 N–H and O–H groups in total. The number of hydrogen-bond acceptors (Lipinski definition) is 4. The summed E-state index contributed by atoms with van der Waals surface area (Å²) < 4.78 is 0. The average Bonchev–Trinajstić information content (AvgIpc) is 3.36. The first-order valence-corrected chi connectivity index (χ1v) is 10.9. The van der Waals surface area contributed by atoms with Gasteiger partial charge in [-0.25, -0.2) is 0 Å². The van der Waals surface area contributed by atoms with Crippen molar-refractivity contribution < 1.29 is 9.59 Å². The number of nitrogens with zero attached hydrogens (tertiary/aromatic N) is 2. The SMILES string of the molecule is O=C(CCC[C@H]1NCC2CC1CN(C(=O)c1cccs1)C2)N1CCCC1. The fourth-order valence-electron chi connectivity index (χ4n) is 4.83. The number of thiophene rings is 1. The Kier molecular flexibility index (Phi) is 5.60. The van der Waals surface area contributed by atoms with Crippen molar-refractivity contribution in [2.75, 3.05) is 32.7 Å². The third-order valence-corrected chi connectivity index (χ3v) is 7.05. The van der Waals surface area contributed by atoms with Crippen LogP contribution >= 0.6 is 11.3 Å². The van der Waals surface area contributed by atoms with Crippen molar-refractivity contribution in [2.45, 2.75) is 44.6 Å². The highest BCUT2D eigenvalue weighted by atomic mass is 32.1. The molecule has 2 unspecified atom stereocenters. The summed E-state index contributed by atoms with van der Waals surface area (Å²) in [6.45, 7) is 4.62. The molecule has 142 valence electrons. The Labute approximate surface area is 159 Å². The van der Waals surface area contributed by atoms with Crippen LogP contribution in [0.3, 0.4) is 0 Å². The summed E-state index contributed by atoms with van der Waals surface area (Å²) in [5.41, 5.74) is 0. The number of nitrogens with one attached hydrogen (secondary N) is 1. The van der Waals surface area contributed by atoms with Gasteiger partial charge >= 0.3 is 0 Å². The van der Waals surface area contributed by atoms with Crippen LogP contribution < -0.4 is 5.32 Å². The summed E-state index contributed by atoms with van der Waals surface area (Å²) in [6.07, 6.45) is 6.20. The normalized spacial score (nSPS) is 28.4. The van der Waals surface area contributed by atoms with Crippen LogP contribution in [0.2, 0.25) is 0 Å². The van der Waals surface area contributed by atoms with Crippen molar-refractivity contribution in [2.24, 2.45) is 11.8 Å². The minimum absolute atomic E-state index is 0.194. The monoisotopic (exact) mass is 375 g/mol. The molecule has 26 heavy (non-hydrogen) atoms. The van der Waals surface area contributed by atoms with Gasteiger partial charge in [0.25, 0.3) is 5.91 Å². The van der Waals surface area contributed by atoms with Crippen LogP contribution in [0.4, 0.5) is 0 Å². The highest BCUT2D eigenvalue weighted by molar-refractivity contribution is 7.12. The van der Waals surface area contributed by atoms with E-state index in [0.29, 0.717) is 30.2 Å². The molecule has 2 bridgehead atoms. The molecule has 0 aromatic carbocycles. The van der Waals surface area contributed by atoms with Crippen LogP contribution in [0.5, 0.6) is 0 Å². The van der Waals surface area contributed by atoms with E-state index in [1.165, 1.54) is 17.8 Å². The second-order valence-electron chi connectivity index (χ2n) is 8.04. The zero-order chi connectivity index (χ0) is 17.9. The molecule has 4 heterocycles. The van der Waals surface area contributed by atoms with E-state index in [-0.39, 0.29) is 5.91 Å². The number of hydrogen-bond donors (Lipinski definition) is 1. The topological polar surface area (TPSA) is 52.7 Å². The maximum Gasteiger partial charge on any atom is 0.263 e. The van der Waals surface area contributed by atoms with Crippen molar-refractivity contribution in [3.8, 4) is 0 Å². The lowest BCUT2D eigenvalue weighted by molar-refractivity contribution is -0.130. The van der Waals surface area contributed by atoms with Gasteiger partial charge in [-0.05, 0) is 61.9 Å². The smallest absolute Gasteiger partial charge is 0.263 e. The predicted octanol–water partition coefficient (Wildman–Crippen LogP) is 2.59. The van der Waals surface area contributed by atoms with Crippen molar-refractivity contribution in [3.63, 3.8) is 0 Å². The Balaban J connectivity index is 1.28. The first-order chi connectivity index (χ1) is 12.7. The lowest BCUT2D eigenvalue weighted by Gasteiger charge is -2.46. The Morgan fingerprint density at radius 3 is 2.81 bits per heavy atom. The first kappa shape index (κ1) is 18.0. The second-order valence-corrected chi connectivity index (χ2v) is 8.99. The van der Waals surface area contributed by atoms with Gasteiger partial charge in [-0.1, -0.05) is 6.07 Å². The van der Waals surface area contributed by atoms with E-state index in [1.54, 1.807) is 0 Å². The van der Waals surface area contributed by atoms with E-state index in [2.05, 4.69) is 10.2 Å². The first-order valence-electron chi connectivity index (χ1n) is 10.0. The summed E-state index contributed by atoms with van der Waals surface area (Å²) in [4.78, 5) is 29.9. The van der Waals surface area contributed by atoms with E-state index in [4.69, 9.17) is 0 Å². The van der Waals surface area contributed by atoms with E-state index >= 15 is 0 Å². The third-order valence-electron chi connectivity index (χ3n) is 6.19. The molecule has 0 aliphatic carbocycles. The van der Waals surface area contributed by atoms with Crippen LogP contribution in [0.1, 0.15) is 48.2 Å². The number of carbonyl (C=O) groups is 2. The van der Waals surface area contributed by atoms with Gasteiger partial charge in [0, 0.05) is 38.6 Å². The number of likely N-dealkylation sites (tertiary alicyclic amines) is 2. The van der Waals surface area contributed by atoms with Crippen LogP contribution in [-0.2, 0) is 4.79 Å². The van der Waals surface area contributed by atoms with Gasteiger partial charge in [0.05, 0.1) is 4.88 Å². The summed E-state index contributed by atoms with van der Waals surface area (Å²) in [5, 5.41) is 5.67. The Bertz CT molecular complexity index is 627. The number of rotatable bonds is 5. The van der Waals surface area contributed by atoms with Crippen LogP contribution in [-0.4, -0.2) is 60.4 Å². The van der Waals surface area contributed by atoms with Gasteiger partial charge in [-0.15, -0.1) is 11.3 Å². The highest BCUT2D eigenvalue weighted by Gasteiger charge is 2.38. The van der Waals surface area contributed by atoms with Crippen LogP contribution in [0, 0.1) is 11.8 Å². The zero-order valence-electron chi connectivity index (χ0n) is 15.4. The van der Waals surface area contributed by atoms with E-state index in [1.807, 2.05) is 22.4 Å². The molecular formula is C20H29N3O2S. The van der Waals surface area contributed by atoms with Gasteiger partial charge in [0.15, 0.2) is 0 Å². The third kappa shape index (κ3) is 3.96. The summed E-state index contributed by atoms with van der Waals surface area (Å²) in [6, 6.07) is 4.32. The fourth-order valence-corrected chi connectivity index (χ4v) is 5.52. The quantitative estimate of drug-likeness (QED) is 0.861. The average molecular weight is 376 g/mol. The predicted molar refractivity (Wildman–Crippen MR) is 103 cm³/mol. The molecule has 0 spiro atoms. The van der Waals surface area contributed by atoms with Gasteiger partial charge in [-0.2, -0.15) is 0 Å². The molecule has 3 aliphatic rings. The highest BCUT2D eigenvalue weighted by Crippen LogP contribution is 2.31. The van der Waals surface area contributed by atoms with Gasteiger partial charge in [-0.3, -0.25) is 9.59 Å². The molecule has 3 aliphatic heterocycles. The van der Waals surface area contributed by atoms with Crippen molar-refractivity contribution in [3.05, 3.63) is 22.4 Å². The largest absolute Gasteiger partial charge is 0.343 e. The molecule has 1 aromatic heterocycles. The number of fused-ring (bicyclic) bond motifs is 2. The summed E-state index contributed by atoms with van der Waals surface area (Å²) >= 11 is 1.53. The minimum atomic E-state index is 0.194. The molecule has 3 saturated heterocycles. The maximum atomic E-state index is 12.7. The number of piperidine rings is 2. The molecule has 3 fully saturated rings. The molecule has 1 aromatic rings. The standard InChI is InChI=1S/C20H29N3O2S/c24-19(22-8-1-2-9-22)7-3-5-17-16-11-15(12-21-17)13-23(14-16)20(25)18-6-4-10-26-18/h4,6,10,15-17,21H,1-3,5,7-9,11-14H2/t15?,16?,17-/m1/s1. The molecule has 6 heteroatoms. The lowest BCUT2D eigenvalue weighted by Crippen LogP contribution is -2.57. The van der Waals surface area contributed by atoms with Gasteiger partial charge in [0.1, 0.15) is 0 Å². The van der Waals surface area contributed by atoms with Crippen molar-refractivity contribution in [1.82, 2.24) is 15.1 Å². The fraction of sp³-hybridized carbons (Fsp3) is 0.700. The van der Waals surface area contributed by atoms with Crippen LogP contribution in [0.25, 0.3) is 0 Å². The molecule has 0 saturated carbocycles. The van der Waals surface area contributed by atoms with Gasteiger partial charge in [0.2, 0.25) is 5.91 Å². The van der Waals surface area contributed by atoms with E-state index < -0.39 is 0 Å². The molecule has 3 atom stereocenters. The van der Waals surface area contributed by atoms with Gasteiger partial charge < -0.3 is 15.1 Å². The Hall–Kier alpha value is -1.40. The van der Waals surface area contributed by atoms with E-state index in [9.17, 15) is 9.59 Å². The number of carbonyl (C=O) groups excluding carboxylic acids is 2. The maximum absolute atomic E-state index is 12.7. The number of amides is 2. The Morgan fingerprint density at radius 2 is 2.04 bits per heavy atom. The van der Waals surface area contributed by atoms with Crippen molar-refractivity contribution in [1.29, 1.82) is 0 Å². The molecule has 4 rings (SSSR count). The van der Waals surface area contributed by atoms with Crippen molar-refractivity contribution >= 4 is 23.2 Å². The van der Waals surface area contributed by atoms with E-state index in [0.717, 1.165) is 63.3 Å². The molecule has 0 radical (unpaired) electrons. The summed E-state index contributed by atoms with van der Waals surface area (Å²) in [5.74, 6) is 1.61. The van der Waals surface area contributed by atoms with Crippen LogP contribution in [0.15, 0.2) is 17.5 Å².